The second-order valence-electron chi connectivity index (χ2n) is 5.73. The van der Waals surface area contributed by atoms with E-state index in [9.17, 15) is 13.2 Å². The summed E-state index contributed by atoms with van der Waals surface area (Å²) in [6.07, 6.45) is 0. The molecule has 0 atom stereocenters. The molecule has 146 valence electrons. The van der Waals surface area contributed by atoms with Crippen LogP contribution in [0.3, 0.4) is 0 Å². The molecule has 1 amide bonds. The summed E-state index contributed by atoms with van der Waals surface area (Å²) in [5.74, 6) is -0.0324. The maximum atomic E-state index is 12.6. The Morgan fingerprint density at radius 1 is 1.14 bits per heavy atom. The van der Waals surface area contributed by atoms with Crippen molar-refractivity contribution in [2.75, 3.05) is 12.4 Å². The monoisotopic (exact) mass is 436 g/mol. The molecule has 0 radical (unpaired) electrons. The maximum Gasteiger partial charge on any atom is 0.255 e. The van der Waals surface area contributed by atoms with Crippen LogP contribution in [0.1, 0.15) is 15.2 Å². The van der Waals surface area contributed by atoms with Gasteiger partial charge in [-0.15, -0.1) is 11.3 Å². The molecule has 6 nitrogen and oxygen atoms in total. The molecule has 0 aliphatic carbocycles. The predicted molar refractivity (Wildman–Crippen MR) is 111 cm³/mol. The molecule has 0 spiro atoms. The summed E-state index contributed by atoms with van der Waals surface area (Å²) in [6, 6.07) is 14.3. The van der Waals surface area contributed by atoms with Crippen molar-refractivity contribution in [3.63, 3.8) is 0 Å². The molecule has 2 N–H and O–H groups in total. The number of carbonyl (C=O) groups excluding carboxylic acids is 1. The molecule has 0 aliphatic heterocycles. The third kappa shape index (κ3) is 4.90. The fraction of sp³-hybridized carbons (Fsp3) is 0.105. The highest BCUT2D eigenvalue weighted by Crippen LogP contribution is 2.28. The van der Waals surface area contributed by atoms with Crippen molar-refractivity contribution < 1.29 is 17.9 Å². The smallest absolute Gasteiger partial charge is 0.255 e. The second kappa shape index (κ2) is 8.74. The molecule has 0 saturated heterocycles. The Kier molecular flexibility index (Phi) is 6.35. The second-order valence-corrected chi connectivity index (χ2v) is 8.97. The number of nitrogens with one attached hydrogen (secondary N) is 2. The summed E-state index contributed by atoms with van der Waals surface area (Å²) in [6.45, 7) is 0.191. The molecule has 0 aliphatic rings. The first-order chi connectivity index (χ1) is 13.4. The van der Waals surface area contributed by atoms with Crippen LogP contribution in [0.5, 0.6) is 5.75 Å². The van der Waals surface area contributed by atoms with E-state index in [4.69, 9.17) is 16.3 Å². The Morgan fingerprint density at radius 2 is 1.96 bits per heavy atom. The van der Waals surface area contributed by atoms with E-state index >= 15 is 0 Å². The molecule has 3 rings (SSSR count). The molecule has 3 aromatic rings. The summed E-state index contributed by atoms with van der Waals surface area (Å²) in [5, 5.41) is 5.00. The van der Waals surface area contributed by atoms with Crippen LogP contribution in [-0.4, -0.2) is 21.4 Å². The van der Waals surface area contributed by atoms with Gasteiger partial charge in [0.25, 0.3) is 5.91 Å². The van der Waals surface area contributed by atoms with Crippen LogP contribution in [0.4, 0.5) is 5.69 Å². The minimum Gasteiger partial charge on any atom is -0.495 e. The van der Waals surface area contributed by atoms with Crippen LogP contribution in [0, 0.1) is 0 Å². The quantitative estimate of drug-likeness (QED) is 0.583. The Hall–Kier alpha value is -2.39. The summed E-state index contributed by atoms with van der Waals surface area (Å²) < 4.78 is 32.8. The van der Waals surface area contributed by atoms with Crippen LogP contribution in [0.25, 0.3) is 0 Å². The van der Waals surface area contributed by atoms with Gasteiger partial charge in [-0.3, -0.25) is 4.79 Å². The molecule has 1 heterocycles. The van der Waals surface area contributed by atoms with E-state index in [0.29, 0.717) is 16.5 Å². The molecule has 0 fully saturated rings. The predicted octanol–water partition coefficient (Wildman–Crippen LogP) is 4.14. The lowest BCUT2D eigenvalue weighted by Crippen LogP contribution is -2.23. The fourth-order valence-corrected chi connectivity index (χ4v) is 4.40. The topological polar surface area (TPSA) is 84.5 Å². The third-order valence-corrected chi connectivity index (χ3v) is 6.34. The van der Waals surface area contributed by atoms with Crippen molar-refractivity contribution in [1.82, 2.24) is 4.72 Å². The number of methoxy groups -OCH3 is 1. The van der Waals surface area contributed by atoms with Gasteiger partial charge in [-0.05, 0) is 47.8 Å². The van der Waals surface area contributed by atoms with Gasteiger partial charge in [-0.2, -0.15) is 0 Å². The summed E-state index contributed by atoms with van der Waals surface area (Å²) in [4.78, 5) is 13.5. The zero-order chi connectivity index (χ0) is 20.1. The molecule has 1 aromatic heterocycles. The van der Waals surface area contributed by atoms with E-state index in [0.717, 1.165) is 4.88 Å². The number of hydrogen-bond acceptors (Lipinski definition) is 5. The zero-order valence-corrected chi connectivity index (χ0v) is 17.2. The fourth-order valence-electron chi connectivity index (χ4n) is 2.44. The Bertz CT molecular complexity index is 1080. The van der Waals surface area contributed by atoms with Crippen LogP contribution in [0.2, 0.25) is 5.02 Å². The van der Waals surface area contributed by atoms with E-state index in [1.54, 1.807) is 18.2 Å². The number of anilines is 1. The minimum atomic E-state index is -3.75. The lowest BCUT2D eigenvalue weighted by atomic mass is 10.2. The van der Waals surface area contributed by atoms with Gasteiger partial charge >= 0.3 is 0 Å². The Balaban J connectivity index is 1.79. The van der Waals surface area contributed by atoms with Crippen LogP contribution in [-0.2, 0) is 16.6 Å². The maximum absolute atomic E-state index is 12.6. The van der Waals surface area contributed by atoms with Gasteiger partial charge in [-0.25, -0.2) is 13.1 Å². The summed E-state index contributed by atoms with van der Waals surface area (Å²) in [5.41, 5.74) is 0.588. The Labute approximate surface area is 172 Å². The van der Waals surface area contributed by atoms with Gasteiger partial charge in [0.2, 0.25) is 10.0 Å². The zero-order valence-electron chi connectivity index (χ0n) is 14.8. The van der Waals surface area contributed by atoms with Crippen molar-refractivity contribution in [2.45, 2.75) is 11.4 Å². The summed E-state index contributed by atoms with van der Waals surface area (Å²) >= 11 is 7.43. The number of sulfonamides is 1. The van der Waals surface area contributed by atoms with Crippen molar-refractivity contribution in [2.24, 2.45) is 0 Å². The third-order valence-electron chi connectivity index (χ3n) is 3.83. The molecule has 2 aromatic carbocycles. The number of thiophene rings is 1. The summed E-state index contributed by atoms with van der Waals surface area (Å²) in [7, 11) is -2.28. The molecule has 0 bridgehead atoms. The van der Waals surface area contributed by atoms with Crippen LogP contribution >= 0.6 is 22.9 Å². The first kappa shape index (κ1) is 20.3. The van der Waals surface area contributed by atoms with E-state index in [-0.39, 0.29) is 17.0 Å². The first-order valence-electron chi connectivity index (χ1n) is 8.16. The van der Waals surface area contributed by atoms with Crippen molar-refractivity contribution in [1.29, 1.82) is 0 Å². The van der Waals surface area contributed by atoms with Crippen molar-refractivity contribution in [3.05, 3.63) is 75.4 Å². The van der Waals surface area contributed by atoms with Gasteiger partial charge in [0.15, 0.2) is 0 Å². The normalized spacial score (nSPS) is 11.2. The molecule has 0 saturated carbocycles. The van der Waals surface area contributed by atoms with Gasteiger partial charge < -0.3 is 10.1 Å². The van der Waals surface area contributed by atoms with Crippen molar-refractivity contribution >= 4 is 44.6 Å². The van der Waals surface area contributed by atoms with E-state index in [1.807, 2.05) is 17.5 Å². The van der Waals surface area contributed by atoms with Gasteiger partial charge in [-0.1, -0.05) is 23.7 Å². The van der Waals surface area contributed by atoms with Gasteiger partial charge in [0.05, 0.1) is 17.7 Å². The number of halogens is 1. The number of rotatable bonds is 7. The highest BCUT2D eigenvalue weighted by molar-refractivity contribution is 7.89. The largest absolute Gasteiger partial charge is 0.495 e. The number of ether oxygens (including phenoxy) is 1. The first-order valence-corrected chi connectivity index (χ1v) is 10.9. The number of benzene rings is 2. The SMILES string of the molecule is COc1ccc(Cl)cc1NC(=O)c1cccc(S(=O)(=O)NCc2cccs2)c1. The average Bonchev–Trinajstić information content (AvgIpc) is 3.20. The van der Waals surface area contributed by atoms with Crippen molar-refractivity contribution in [3.8, 4) is 5.75 Å². The highest BCUT2D eigenvalue weighted by atomic mass is 35.5. The number of hydrogen-bond donors (Lipinski definition) is 2. The van der Waals surface area contributed by atoms with Gasteiger partial charge in [0, 0.05) is 22.0 Å². The lowest BCUT2D eigenvalue weighted by molar-refractivity contribution is 0.102. The molecule has 0 unspecified atom stereocenters. The average molecular weight is 437 g/mol. The molecular weight excluding hydrogens is 420 g/mol. The molecule has 9 heteroatoms. The highest BCUT2D eigenvalue weighted by Gasteiger charge is 2.17. The van der Waals surface area contributed by atoms with E-state index < -0.39 is 15.9 Å². The van der Waals surface area contributed by atoms with E-state index in [2.05, 4.69) is 10.0 Å². The van der Waals surface area contributed by atoms with Gasteiger partial charge in [0.1, 0.15) is 5.75 Å². The molecule has 28 heavy (non-hydrogen) atoms. The Morgan fingerprint density at radius 3 is 2.68 bits per heavy atom. The number of amides is 1. The van der Waals surface area contributed by atoms with E-state index in [1.165, 1.54) is 42.7 Å². The number of carbonyl (C=O) groups is 1. The molecular formula is C19H17ClN2O4S2. The lowest BCUT2D eigenvalue weighted by Gasteiger charge is -2.11. The minimum absolute atomic E-state index is 0.00904. The standard InChI is InChI=1S/C19H17ClN2O4S2/c1-26-18-8-7-14(20)11-17(18)22-19(23)13-4-2-6-16(10-13)28(24,25)21-12-15-5-3-9-27-15/h2-11,21H,12H2,1H3,(H,22,23). The van der Waals surface area contributed by atoms with Crippen LogP contribution in [0.15, 0.2) is 64.9 Å². The van der Waals surface area contributed by atoms with Crippen LogP contribution < -0.4 is 14.8 Å².